The lowest BCUT2D eigenvalue weighted by atomic mass is 10.00. The van der Waals surface area contributed by atoms with E-state index in [1.807, 2.05) is 0 Å². The van der Waals surface area contributed by atoms with Crippen LogP contribution < -0.4 is 0 Å². The van der Waals surface area contributed by atoms with Gasteiger partial charge in [-0.3, -0.25) is 4.99 Å². The molecular weight excluding hydrogens is 332 g/mol. The average molecular weight is 377 g/mol. The molecule has 2 aliphatic rings. The van der Waals surface area contributed by atoms with E-state index in [1.54, 1.807) is 0 Å². The molecule has 27 heavy (non-hydrogen) atoms. The first-order valence-electron chi connectivity index (χ1n) is 12.2. The van der Waals surface area contributed by atoms with E-state index in [0.717, 1.165) is 31.7 Å². The SMILES string of the molecule is C1CCCCCC(=NO/C2=N\CCCCCCCCCCC2)CCCCC1. The first kappa shape index (κ1) is 22.4. The van der Waals surface area contributed by atoms with E-state index in [9.17, 15) is 0 Å². The van der Waals surface area contributed by atoms with Crippen molar-refractivity contribution in [2.75, 3.05) is 6.54 Å². The van der Waals surface area contributed by atoms with Crippen molar-refractivity contribution in [2.45, 2.75) is 135 Å². The molecule has 0 aromatic rings. The molecule has 1 saturated carbocycles. The monoisotopic (exact) mass is 376 g/mol. The Bertz CT molecular complexity index is 403. The molecule has 1 heterocycles. The van der Waals surface area contributed by atoms with Crippen molar-refractivity contribution in [3.05, 3.63) is 0 Å². The molecule has 156 valence electrons. The van der Waals surface area contributed by atoms with Gasteiger partial charge in [0.05, 0.1) is 5.71 Å². The van der Waals surface area contributed by atoms with Crippen LogP contribution in [0.4, 0.5) is 0 Å². The fourth-order valence-electron chi connectivity index (χ4n) is 4.21. The highest BCUT2D eigenvalue weighted by atomic mass is 16.6. The van der Waals surface area contributed by atoms with Crippen molar-refractivity contribution in [1.29, 1.82) is 0 Å². The van der Waals surface area contributed by atoms with Gasteiger partial charge < -0.3 is 4.84 Å². The van der Waals surface area contributed by atoms with E-state index in [2.05, 4.69) is 5.16 Å². The predicted octanol–water partition coefficient (Wildman–Crippen LogP) is 7.98. The minimum absolute atomic E-state index is 0.896. The lowest BCUT2D eigenvalue weighted by Gasteiger charge is -2.10. The zero-order valence-electron chi connectivity index (χ0n) is 17.9. The van der Waals surface area contributed by atoms with Crippen LogP contribution in [0.25, 0.3) is 0 Å². The topological polar surface area (TPSA) is 34.0 Å². The van der Waals surface area contributed by atoms with Gasteiger partial charge in [-0.05, 0) is 38.5 Å². The van der Waals surface area contributed by atoms with Gasteiger partial charge in [-0.1, -0.05) is 95.0 Å². The minimum Gasteiger partial charge on any atom is -0.342 e. The standard InChI is InChI=1S/C24H44N2O/c1-3-7-11-15-19-23(20-16-12-8-4-1)26-27-24-21-17-13-9-5-2-6-10-14-18-22-25-24/h1-22H2/b25-24-. The summed E-state index contributed by atoms with van der Waals surface area (Å²) < 4.78 is 0. The van der Waals surface area contributed by atoms with E-state index in [1.165, 1.54) is 121 Å². The molecule has 1 aliphatic heterocycles. The molecule has 0 saturated heterocycles. The average Bonchev–Trinajstić information content (AvgIpc) is 2.69. The van der Waals surface area contributed by atoms with Gasteiger partial charge in [-0.2, -0.15) is 0 Å². The first-order chi connectivity index (χ1) is 13.4. The second kappa shape index (κ2) is 16.1. The van der Waals surface area contributed by atoms with Crippen LogP contribution in [0.15, 0.2) is 10.1 Å². The maximum Gasteiger partial charge on any atom is 0.220 e. The molecule has 0 radical (unpaired) electrons. The number of aliphatic imine (C=N–C) groups is 1. The maximum absolute atomic E-state index is 5.92. The maximum atomic E-state index is 5.92. The van der Waals surface area contributed by atoms with E-state index in [0.29, 0.717) is 0 Å². The van der Waals surface area contributed by atoms with Gasteiger partial charge in [0, 0.05) is 13.0 Å². The van der Waals surface area contributed by atoms with E-state index in [-0.39, 0.29) is 0 Å². The smallest absolute Gasteiger partial charge is 0.220 e. The molecule has 0 aromatic carbocycles. The van der Waals surface area contributed by atoms with Crippen LogP contribution in [-0.4, -0.2) is 18.2 Å². The summed E-state index contributed by atoms with van der Waals surface area (Å²) in [6.07, 6.45) is 27.5. The predicted molar refractivity (Wildman–Crippen MR) is 118 cm³/mol. The number of hydrogen-bond acceptors (Lipinski definition) is 3. The molecule has 0 aromatic heterocycles. The Hall–Kier alpha value is -0.860. The second-order valence-electron chi connectivity index (χ2n) is 8.64. The fraction of sp³-hybridized carbons (Fsp3) is 0.917. The van der Waals surface area contributed by atoms with Crippen LogP contribution in [-0.2, 0) is 4.84 Å². The van der Waals surface area contributed by atoms with Gasteiger partial charge in [-0.25, -0.2) is 0 Å². The largest absolute Gasteiger partial charge is 0.342 e. The summed E-state index contributed by atoms with van der Waals surface area (Å²) in [6, 6.07) is 0. The van der Waals surface area contributed by atoms with Crippen LogP contribution >= 0.6 is 0 Å². The highest BCUT2D eigenvalue weighted by Gasteiger charge is 2.07. The van der Waals surface area contributed by atoms with Crippen LogP contribution in [0.2, 0.25) is 0 Å². The highest BCUT2D eigenvalue weighted by molar-refractivity contribution is 5.85. The second-order valence-corrected chi connectivity index (χ2v) is 8.64. The Morgan fingerprint density at radius 2 is 0.889 bits per heavy atom. The molecule has 0 bridgehead atoms. The summed E-state index contributed by atoms with van der Waals surface area (Å²) in [6.45, 7) is 0.917. The quantitative estimate of drug-likeness (QED) is 0.427. The zero-order valence-corrected chi connectivity index (χ0v) is 17.9. The van der Waals surface area contributed by atoms with Gasteiger partial charge in [0.25, 0.3) is 0 Å². The summed E-state index contributed by atoms with van der Waals surface area (Å²) >= 11 is 0. The van der Waals surface area contributed by atoms with E-state index in [4.69, 9.17) is 9.83 Å². The number of rotatable bonds is 1. The van der Waals surface area contributed by atoms with Gasteiger partial charge >= 0.3 is 0 Å². The Labute approximate surface area is 168 Å². The van der Waals surface area contributed by atoms with Crippen LogP contribution in [0.1, 0.15) is 135 Å². The molecule has 0 spiro atoms. The molecule has 1 aliphatic carbocycles. The Morgan fingerprint density at radius 1 is 0.481 bits per heavy atom. The molecule has 0 amide bonds. The molecule has 0 unspecified atom stereocenters. The van der Waals surface area contributed by atoms with Crippen molar-refractivity contribution in [1.82, 2.24) is 0 Å². The summed E-state index contributed by atoms with van der Waals surface area (Å²) in [5.41, 5.74) is 1.28. The fourth-order valence-corrected chi connectivity index (χ4v) is 4.21. The van der Waals surface area contributed by atoms with Gasteiger partial charge in [0.2, 0.25) is 5.90 Å². The van der Waals surface area contributed by atoms with E-state index < -0.39 is 0 Å². The van der Waals surface area contributed by atoms with Gasteiger partial charge in [0.1, 0.15) is 0 Å². The van der Waals surface area contributed by atoms with Crippen molar-refractivity contribution in [3.8, 4) is 0 Å². The molecule has 1 fully saturated rings. The minimum atomic E-state index is 0.896. The lowest BCUT2D eigenvalue weighted by molar-refractivity contribution is 0.310. The molecule has 3 heteroatoms. The Morgan fingerprint density at radius 3 is 1.41 bits per heavy atom. The van der Waals surface area contributed by atoms with Crippen molar-refractivity contribution < 1.29 is 4.84 Å². The van der Waals surface area contributed by atoms with E-state index >= 15 is 0 Å². The van der Waals surface area contributed by atoms with Gasteiger partial charge in [-0.15, -0.1) is 0 Å². The summed E-state index contributed by atoms with van der Waals surface area (Å²) in [4.78, 5) is 10.7. The lowest BCUT2D eigenvalue weighted by Crippen LogP contribution is -2.07. The molecule has 3 nitrogen and oxygen atoms in total. The van der Waals surface area contributed by atoms with Gasteiger partial charge in [0.15, 0.2) is 0 Å². The van der Waals surface area contributed by atoms with Crippen molar-refractivity contribution in [2.24, 2.45) is 10.1 Å². The van der Waals surface area contributed by atoms with Crippen LogP contribution in [0, 0.1) is 0 Å². The third kappa shape index (κ3) is 12.3. The molecule has 2 rings (SSSR count). The third-order valence-electron chi connectivity index (χ3n) is 6.05. The first-order valence-corrected chi connectivity index (χ1v) is 12.2. The molecular formula is C24H44N2O. The molecule has 0 atom stereocenters. The van der Waals surface area contributed by atoms with Crippen molar-refractivity contribution >= 4 is 11.6 Å². The summed E-state index contributed by atoms with van der Waals surface area (Å²) in [7, 11) is 0. The Balaban J connectivity index is 1.83. The zero-order chi connectivity index (χ0) is 18.8. The van der Waals surface area contributed by atoms with Crippen LogP contribution in [0.3, 0.4) is 0 Å². The Kier molecular flexibility index (Phi) is 13.4. The summed E-state index contributed by atoms with van der Waals surface area (Å²) in [5, 5.41) is 4.61. The number of oxime groups is 1. The summed E-state index contributed by atoms with van der Waals surface area (Å²) in [5.74, 6) is 0.896. The van der Waals surface area contributed by atoms with Crippen molar-refractivity contribution in [3.63, 3.8) is 0 Å². The normalized spacial score (nSPS) is 25.3. The highest BCUT2D eigenvalue weighted by Crippen LogP contribution is 2.17. The molecule has 0 N–H and O–H groups in total. The number of hydrogen-bond donors (Lipinski definition) is 0. The third-order valence-corrected chi connectivity index (χ3v) is 6.05. The van der Waals surface area contributed by atoms with Crippen LogP contribution in [0.5, 0.6) is 0 Å². The number of nitrogens with zero attached hydrogens (tertiary/aromatic N) is 2.